The molecule has 0 aromatic heterocycles. The minimum atomic E-state index is -4.77. The first-order valence-electron chi connectivity index (χ1n) is 8.25. The van der Waals surface area contributed by atoms with Crippen molar-refractivity contribution in [3.63, 3.8) is 0 Å². The van der Waals surface area contributed by atoms with E-state index in [-0.39, 0.29) is 12.5 Å². The quantitative estimate of drug-likeness (QED) is 0.240. The second-order valence-electron chi connectivity index (χ2n) is 6.21. The van der Waals surface area contributed by atoms with Crippen molar-refractivity contribution >= 4 is 11.7 Å². The van der Waals surface area contributed by atoms with Crippen molar-refractivity contribution in [3.8, 4) is 6.07 Å². The maximum atomic E-state index is 13.9. The highest BCUT2D eigenvalue weighted by Gasteiger charge is 2.42. The van der Waals surface area contributed by atoms with E-state index in [2.05, 4.69) is 28.3 Å². The maximum Gasteiger partial charge on any atom is 0.449 e. The van der Waals surface area contributed by atoms with Crippen LogP contribution in [-0.2, 0) is 4.79 Å². The summed E-state index contributed by atoms with van der Waals surface area (Å²) in [6.45, 7) is 5.07. The summed E-state index contributed by atoms with van der Waals surface area (Å²) in [6, 6.07) is 1.09. The third kappa shape index (κ3) is 6.06. The lowest BCUT2D eigenvalue weighted by Gasteiger charge is -2.32. The Morgan fingerprint density at radius 1 is 1.56 bits per heavy atom. The summed E-state index contributed by atoms with van der Waals surface area (Å²) in [6.07, 6.45) is -4.22. The van der Waals surface area contributed by atoms with Crippen LogP contribution in [0.1, 0.15) is 19.8 Å². The molecule has 0 bridgehead atoms. The highest BCUT2D eigenvalue weighted by atomic mass is 19.4. The van der Waals surface area contributed by atoms with Gasteiger partial charge in [-0.25, -0.2) is 4.39 Å². The molecule has 1 rings (SSSR count). The van der Waals surface area contributed by atoms with Crippen molar-refractivity contribution in [2.45, 2.75) is 44.2 Å². The summed E-state index contributed by atoms with van der Waals surface area (Å²) in [4.78, 5) is 16.4. The number of amides is 1. The number of hydrogen-bond donors (Lipinski definition) is 2. The minimum Gasteiger partial charge on any atom is -0.335 e. The Morgan fingerprint density at radius 3 is 2.63 bits per heavy atom. The molecule has 0 aromatic rings. The highest BCUT2D eigenvalue weighted by Crippen LogP contribution is 2.23. The van der Waals surface area contributed by atoms with Gasteiger partial charge in [0, 0.05) is 26.6 Å². The van der Waals surface area contributed by atoms with E-state index in [0.717, 1.165) is 26.2 Å². The lowest BCUT2D eigenvalue weighted by Crippen LogP contribution is -2.55. The van der Waals surface area contributed by atoms with Crippen LogP contribution in [0.4, 0.5) is 17.6 Å². The van der Waals surface area contributed by atoms with Crippen molar-refractivity contribution in [2.24, 2.45) is 10.9 Å². The molecule has 10 heteroatoms. The van der Waals surface area contributed by atoms with Crippen LogP contribution in [0.5, 0.6) is 0 Å². The number of aliphatic imine (C=N–C) groups is 1. The molecule has 0 aromatic carbocycles. The number of rotatable bonds is 6. The fraction of sp³-hybridized carbons (Fsp3) is 0.588. The third-order valence-corrected chi connectivity index (χ3v) is 4.30. The fourth-order valence-electron chi connectivity index (χ4n) is 2.87. The Morgan fingerprint density at radius 2 is 2.19 bits per heavy atom. The molecule has 4 atom stereocenters. The zero-order valence-electron chi connectivity index (χ0n) is 15.3. The van der Waals surface area contributed by atoms with Gasteiger partial charge in [-0.2, -0.15) is 18.4 Å². The third-order valence-electron chi connectivity index (χ3n) is 4.30. The largest absolute Gasteiger partial charge is 0.449 e. The van der Waals surface area contributed by atoms with E-state index < -0.39 is 48.3 Å². The first kappa shape index (κ1) is 22.6. The first-order valence-corrected chi connectivity index (χ1v) is 8.25. The number of nitrogens with one attached hydrogen (secondary N) is 2. The predicted octanol–water partition coefficient (Wildman–Crippen LogP) is 2.27. The molecule has 0 saturated carbocycles. The summed E-state index contributed by atoms with van der Waals surface area (Å²) < 4.78 is 53.4. The molecule has 1 fully saturated rings. The van der Waals surface area contributed by atoms with E-state index in [1.807, 2.05) is 0 Å². The number of amidine groups is 1. The SMILES string of the molecule is C=C/C=C(/F)CC(NC(=O)[C@@H]1C[C@@H](C#N)[C@H](C)N1)N(C)C(=NC)C(F)(F)F. The van der Waals surface area contributed by atoms with Crippen molar-refractivity contribution in [3.05, 3.63) is 24.6 Å². The molecule has 1 amide bonds. The predicted molar refractivity (Wildman–Crippen MR) is 93.2 cm³/mol. The van der Waals surface area contributed by atoms with Gasteiger partial charge in [-0.3, -0.25) is 9.79 Å². The number of carbonyl (C=O) groups is 1. The van der Waals surface area contributed by atoms with Crippen LogP contribution < -0.4 is 10.6 Å². The number of hydrogen-bond acceptors (Lipinski definition) is 4. The standard InChI is InChI=1S/C17H23F4N5O/c1-5-6-12(18)8-14(26(4)16(23-3)17(19,20)21)25-15(27)13-7-11(9-22)10(2)24-13/h5-6,10-11,13-14,24H,1,7-8H2,2-4H3,(H,25,27)/b12-6+,23-16?/t10-,11-,13-,14?/m0/s1. The van der Waals surface area contributed by atoms with E-state index in [0.29, 0.717) is 4.90 Å². The van der Waals surface area contributed by atoms with Crippen LogP contribution >= 0.6 is 0 Å². The molecule has 1 unspecified atom stereocenters. The molecule has 0 aliphatic carbocycles. The first-order chi connectivity index (χ1) is 12.5. The summed E-state index contributed by atoms with van der Waals surface area (Å²) >= 11 is 0. The molecule has 1 aliphatic heterocycles. The average molecular weight is 389 g/mol. The van der Waals surface area contributed by atoms with Gasteiger partial charge in [0.15, 0.2) is 0 Å². The van der Waals surface area contributed by atoms with Gasteiger partial charge in [0.05, 0.1) is 18.0 Å². The minimum absolute atomic E-state index is 0.221. The van der Waals surface area contributed by atoms with Crippen LogP contribution in [0, 0.1) is 17.2 Å². The van der Waals surface area contributed by atoms with E-state index in [9.17, 15) is 22.4 Å². The van der Waals surface area contributed by atoms with Gasteiger partial charge in [0.2, 0.25) is 11.7 Å². The normalized spacial score (nSPS) is 24.9. The number of halogens is 4. The van der Waals surface area contributed by atoms with E-state index in [4.69, 9.17) is 5.26 Å². The molecule has 1 heterocycles. The van der Waals surface area contributed by atoms with Crippen molar-refractivity contribution in [1.29, 1.82) is 5.26 Å². The van der Waals surface area contributed by atoms with Crippen molar-refractivity contribution in [1.82, 2.24) is 15.5 Å². The summed E-state index contributed by atoms with van der Waals surface area (Å²) in [5, 5.41) is 14.4. The molecule has 0 spiro atoms. The van der Waals surface area contributed by atoms with Crippen LogP contribution in [0.3, 0.4) is 0 Å². The van der Waals surface area contributed by atoms with Gasteiger partial charge in [0.25, 0.3) is 0 Å². The van der Waals surface area contributed by atoms with Gasteiger partial charge in [-0.15, -0.1) is 0 Å². The zero-order valence-corrected chi connectivity index (χ0v) is 15.3. The molecular weight excluding hydrogens is 366 g/mol. The molecule has 1 saturated heterocycles. The Bertz CT molecular complexity index is 653. The summed E-state index contributed by atoms with van der Waals surface area (Å²) in [5.41, 5.74) is 0. The van der Waals surface area contributed by atoms with E-state index >= 15 is 0 Å². The van der Waals surface area contributed by atoms with Gasteiger partial charge >= 0.3 is 6.18 Å². The Kier molecular flexibility index (Phi) is 7.97. The molecule has 27 heavy (non-hydrogen) atoms. The topological polar surface area (TPSA) is 80.5 Å². The maximum absolute atomic E-state index is 13.9. The fourth-order valence-corrected chi connectivity index (χ4v) is 2.87. The van der Waals surface area contributed by atoms with Gasteiger partial charge in [-0.1, -0.05) is 12.7 Å². The van der Waals surface area contributed by atoms with Crippen LogP contribution in [-0.4, -0.2) is 55.2 Å². The molecule has 0 radical (unpaired) electrons. The average Bonchev–Trinajstić information content (AvgIpc) is 2.94. The lowest BCUT2D eigenvalue weighted by molar-refractivity contribution is -0.124. The van der Waals surface area contributed by atoms with E-state index in [1.165, 1.54) is 0 Å². The molecule has 2 N–H and O–H groups in total. The zero-order chi connectivity index (χ0) is 20.8. The second kappa shape index (κ2) is 9.50. The van der Waals surface area contributed by atoms with Gasteiger partial charge in [-0.05, 0) is 19.4 Å². The Hall–Kier alpha value is -2.41. The van der Waals surface area contributed by atoms with E-state index in [1.54, 1.807) is 6.92 Å². The number of nitrogens with zero attached hydrogens (tertiary/aromatic N) is 3. The number of carbonyl (C=O) groups excluding carboxylic acids is 1. The second-order valence-corrected chi connectivity index (χ2v) is 6.21. The van der Waals surface area contributed by atoms with Gasteiger partial charge < -0.3 is 15.5 Å². The molecular formula is C17H23F4N5O. The number of alkyl halides is 3. The lowest BCUT2D eigenvalue weighted by atomic mass is 10.0. The number of allylic oxidation sites excluding steroid dienone is 2. The molecule has 1 aliphatic rings. The molecule has 6 nitrogen and oxygen atoms in total. The van der Waals surface area contributed by atoms with Crippen LogP contribution in [0.2, 0.25) is 0 Å². The highest BCUT2D eigenvalue weighted by molar-refractivity contribution is 5.88. The smallest absolute Gasteiger partial charge is 0.335 e. The van der Waals surface area contributed by atoms with Crippen molar-refractivity contribution in [2.75, 3.05) is 14.1 Å². The van der Waals surface area contributed by atoms with Crippen LogP contribution in [0.25, 0.3) is 0 Å². The Balaban J connectivity index is 3.02. The summed E-state index contributed by atoms with van der Waals surface area (Å²) in [5.74, 6) is -3.00. The van der Waals surface area contributed by atoms with Crippen molar-refractivity contribution < 1.29 is 22.4 Å². The van der Waals surface area contributed by atoms with Crippen LogP contribution in [0.15, 0.2) is 29.6 Å². The monoisotopic (exact) mass is 389 g/mol. The Labute approximate surface area is 155 Å². The van der Waals surface area contributed by atoms with Gasteiger partial charge in [0.1, 0.15) is 12.0 Å². The number of nitriles is 1. The summed E-state index contributed by atoms with van der Waals surface area (Å²) in [7, 11) is 2.04. The molecule has 150 valence electrons.